The summed E-state index contributed by atoms with van der Waals surface area (Å²) in [5, 5.41) is 3.02. The number of hydrogen-bond acceptors (Lipinski definition) is 4. The second-order valence-corrected chi connectivity index (χ2v) is 6.92. The van der Waals surface area contributed by atoms with Crippen LogP contribution in [-0.2, 0) is 14.8 Å². The maximum atomic E-state index is 11.5. The zero-order chi connectivity index (χ0) is 12.3. The largest absolute Gasteiger partial charge is 0.314 e. The van der Waals surface area contributed by atoms with Gasteiger partial charge in [-0.15, -0.1) is 0 Å². The third-order valence-electron chi connectivity index (χ3n) is 3.35. The highest BCUT2D eigenvalue weighted by atomic mass is 32.2. The van der Waals surface area contributed by atoms with Crippen LogP contribution in [0, 0.1) is 0 Å². The average Bonchev–Trinajstić information content (AvgIpc) is 3.11. The lowest BCUT2D eigenvalue weighted by Gasteiger charge is -2.22. The van der Waals surface area contributed by atoms with Crippen molar-refractivity contribution in [1.82, 2.24) is 10.0 Å². The van der Waals surface area contributed by atoms with Crippen LogP contribution in [0.4, 0.5) is 0 Å². The molecule has 0 aromatic heterocycles. The standard InChI is InChI=1S/C11H20N2O3S/c14-11(13-17(15,16)10-5-6-10)7-4-9-3-1-2-8-12-9/h9-10,12H,1-8H2,(H,13,14). The van der Waals surface area contributed by atoms with Gasteiger partial charge in [0, 0.05) is 12.5 Å². The van der Waals surface area contributed by atoms with Gasteiger partial charge in [0.05, 0.1) is 5.25 Å². The predicted molar refractivity (Wildman–Crippen MR) is 65.0 cm³/mol. The van der Waals surface area contributed by atoms with Crippen LogP contribution < -0.4 is 10.0 Å². The smallest absolute Gasteiger partial charge is 0.237 e. The van der Waals surface area contributed by atoms with Gasteiger partial charge in [-0.1, -0.05) is 6.42 Å². The molecule has 98 valence electrons. The van der Waals surface area contributed by atoms with Crippen molar-refractivity contribution in [2.24, 2.45) is 0 Å². The quantitative estimate of drug-likeness (QED) is 0.755. The van der Waals surface area contributed by atoms with Gasteiger partial charge in [-0.05, 0) is 38.6 Å². The maximum absolute atomic E-state index is 11.5. The van der Waals surface area contributed by atoms with Crippen LogP contribution in [-0.4, -0.2) is 32.2 Å². The van der Waals surface area contributed by atoms with Crippen molar-refractivity contribution in [3.05, 3.63) is 0 Å². The summed E-state index contributed by atoms with van der Waals surface area (Å²) in [6.45, 7) is 1.01. The molecular formula is C11H20N2O3S. The number of carbonyl (C=O) groups is 1. The van der Waals surface area contributed by atoms with E-state index >= 15 is 0 Å². The van der Waals surface area contributed by atoms with Crippen molar-refractivity contribution in [2.45, 2.75) is 56.2 Å². The molecule has 1 saturated carbocycles. The number of hydrogen-bond donors (Lipinski definition) is 2. The Balaban J connectivity index is 1.70. The normalized spacial score (nSPS) is 25.5. The molecule has 1 saturated heterocycles. The predicted octanol–water partition coefficient (Wildman–Crippen LogP) is 0.517. The Morgan fingerprint density at radius 3 is 2.59 bits per heavy atom. The number of sulfonamides is 1. The molecule has 0 radical (unpaired) electrons. The molecule has 2 fully saturated rings. The minimum atomic E-state index is -3.36. The minimum absolute atomic E-state index is 0.295. The molecular weight excluding hydrogens is 240 g/mol. The summed E-state index contributed by atoms with van der Waals surface area (Å²) >= 11 is 0. The van der Waals surface area contributed by atoms with Gasteiger partial charge < -0.3 is 5.32 Å². The number of nitrogens with one attached hydrogen (secondary N) is 2. The third-order valence-corrected chi connectivity index (χ3v) is 5.21. The van der Waals surface area contributed by atoms with E-state index < -0.39 is 10.0 Å². The van der Waals surface area contributed by atoms with E-state index in [4.69, 9.17) is 0 Å². The summed E-state index contributed by atoms with van der Waals surface area (Å²) in [7, 11) is -3.36. The Morgan fingerprint density at radius 1 is 1.24 bits per heavy atom. The molecule has 1 aliphatic heterocycles. The molecule has 0 aromatic carbocycles. The number of amides is 1. The van der Waals surface area contributed by atoms with E-state index in [2.05, 4.69) is 10.0 Å². The first kappa shape index (κ1) is 12.8. The molecule has 0 spiro atoms. The van der Waals surface area contributed by atoms with Gasteiger partial charge in [0.15, 0.2) is 0 Å². The van der Waals surface area contributed by atoms with Crippen LogP contribution in [0.15, 0.2) is 0 Å². The molecule has 1 aliphatic carbocycles. The molecule has 2 aliphatic rings. The lowest BCUT2D eigenvalue weighted by atomic mass is 10.0. The first-order valence-electron chi connectivity index (χ1n) is 6.36. The maximum Gasteiger partial charge on any atom is 0.237 e. The summed E-state index contributed by atoms with van der Waals surface area (Å²) in [5.41, 5.74) is 0. The van der Waals surface area contributed by atoms with Crippen LogP contribution in [0.25, 0.3) is 0 Å². The van der Waals surface area contributed by atoms with Crippen LogP contribution >= 0.6 is 0 Å². The van der Waals surface area contributed by atoms with Crippen molar-refractivity contribution in [1.29, 1.82) is 0 Å². The van der Waals surface area contributed by atoms with Crippen molar-refractivity contribution in [3.63, 3.8) is 0 Å². The van der Waals surface area contributed by atoms with Crippen LogP contribution in [0.2, 0.25) is 0 Å². The zero-order valence-electron chi connectivity index (χ0n) is 9.94. The SMILES string of the molecule is O=C(CCC1CCCCN1)NS(=O)(=O)C1CC1. The molecule has 2 rings (SSSR count). The molecule has 1 atom stereocenters. The molecule has 1 amide bonds. The Bertz CT molecular complexity index is 370. The van der Waals surface area contributed by atoms with E-state index in [1.807, 2.05) is 0 Å². The van der Waals surface area contributed by atoms with Gasteiger partial charge in [-0.25, -0.2) is 8.42 Å². The Kier molecular flexibility index (Phi) is 4.04. The third kappa shape index (κ3) is 3.96. The van der Waals surface area contributed by atoms with Gasteiger partial charge in [-0.3, -0.25) is 9.52 Å². The fourth-order valence-corrected chi connectivity index (χ4v) is 3.49. The molecule has 0 bridgehead atoms. The summed E-state index contributed by atoms with van der Waals surface area (Å²) in [6, 6.07) is 0.373. The van der Waals surface area contributed by atoms with Crippen LogP contribution in [0.1, 0.15) is 44.9 Å². The molecule has 6 heteroatoms. The highest BCUT2D eigenvalue weighted by molar-refractivity contribution is 7.90. The lowest BCUT2D eigenvalue weighted by Crippen LogP contribution is -2.37. The first-order valence-corrected chi connectivity index (χ1v) is 7.90. The number of carbonyl (C=O) groups excluding carboxylic acids is 1. The molecule has 1 heterocycles. The van der Waals surface area contributed by atoms with Crippen LogP contribution in [0.3, 0.4) is 0 Å². The zero-order valence-corrected chi connectivity index (χ0v) is 10.8. The van der Waals surface area contributed by atoms with Crippen LogP contribution in [0.5, 0.6) is 0 Å². The Morgan fingerprint density at radius 2 is 2.00 bits per heavy atom. The van der Waals surface area contributed by atoms with E-state index in [0.717, 1.165) is 19.4 Å². The van der Waals surface area contributed by atoms with E-state index in [1.165, 1.54) is 12.8 Å². The molecule has 2 N–H and O–H groups in total. The summed E-state index contributed by atoms with van der Waals surface area (Å²) < 4.78 is 25.2. The number of piperidine rings is 1. The highest BCUT2D eigenvalue weighted by Gasteiger charge is 2.36. The number of rotatable bonds is 5. The molecule has 1 unspecified atom stereocenters. The van der Waals surface area contributed by atoms with Crippen molar-refractivity contribution < 1.29 is 13.2 Å². The Labute approximate surface area is 102 Å². The fourth-order valence-electron chi connectivity index (χ4n) is 2.15. The second kappa shape index (κ2) is 5.35. The average molecular weight is 260 g/mol. The lowest BCUT2D eigenvalue weighted by molar-refractivity contribution is -0.119. The van der Waals surface area contributed by atoms with Crippen molar-refractivity contribution >= 4 is 15.9 Å². The molecule has 17 heavy (non-hydrogen) atoms. The summed E-state index contributed by atoms with van der Waals surface area (Å²) in [6.07, 6.45) is 5.87. The van der Waals surface area contributed by atoms with E-state index in [1.54, 1.807) is 0 Å². The fraction of sp³-hybridized carbons (Fsp3) is 0.909. The van der Waals surface area contributed by atoms with Gasteiger partial charge in [0.2, 0.25) is 15.9 Å². The van der Waals surface area contributed by atoms with Gasteiger partial charge in [0.25, 0.3) is 0 Å². The van der Waals surface area contributed by atoms with Gasteiger partial charge in [-0.2, -0.15) is 0 Å². The Hall–Kier alpha value is -0.620. The van der Waals surface area contributed by atoms with E-state index in [-0.39, 0.29) is 11.2 Å². The first-order chi connectivity index (χ1) is 8.08. The molecule has 0 aromatic rings. The van der Waals surface area contributed by atoms with E-state index in [0.29, 0.717) is 25.3 Å². The monoisotopic (exact) mass is 260 g/mol. The van der Waals surface area contributed by atoms with Gasteiger partial charge >= 0.3 is 0 Å². The van der Waals surface area contributed by atoms with Gasteiger partial charge in [0.1, 0.15) is 0 Å². The molecule has 5 nitrogen and oxygen atoms in total. The topological polar surface area (TPSA) is 75.3 Å². The highest BCUT2D eigenvalue weighted by Crippen LogP contribution is 2.27. The minimum Gasteiger partial charge on any atom is -0.314 e. The van der Waals surface area contributed by atoms with Crippen molar-refractivity contribution in [2.75, 3.05) is 6.54 Å². The summed E-state index contributed by atoms with van der Waals surface area (Å²) in [5.74, 6) is -0.357. The van der Waals surface area contributed by atoms with Crippen molar-refractivity contribution in [3.8, 4) is 0 Å². The summed E-state index contributed by atoms with van der Waals surface area (Å²) in [4.78, 5) is 11.5. The second-order valence-electron chi connectivity index (χ2n) is 4.96. The van der Waals surface area contributed by atoms with E-state index in [9.17, 15) is 13.2 Å².